The molecular weight excluding hydrogens is 281 g/mol. The average Bonchev–Trinajstić information content (AvgIpc) is 2.55. The summed E-state index contributed by atoms with van der Waals surface area (Å²) in [6.45, 7) is 0.534. The summed E-state index contributed by atoms with van der Waals surface area (Å²) >= 11 is 0. The third-order valence-corrected chi connectivity index (χ3v) is 3.75. The first-order valence-electron chi connectivity index (χ1n) is 7.39. The molecule has 1 aliphatic rings. The smallest absolute Gasteiger partial charge is 0.130 e. The predicted molar refractivity (Wildman–Crippen MR) is 83.8 cm³/mol. The highest BCUT2D eigenvalue weighted by Gasteiger charge is 2.25. The zero-order chi connectivity index (χ0) is 15.4. The second-order valence-corrected chi connectivity index (χ2v) is 5.41. The summed E-state index contributed by atoms with van der Waals surface area (Å²) < 4.78 is 18.9. The van der Waals surface area contributed by atoms with Crippen molar-refractivity contribution in [1.82, 2.24) is 0 Å². The largest absolute Gasteiger partial charge is 0.487 e. The van der Waals surface area contributed by atoms with E-state index in [0.717, 1.165) is 11.1 Å². The van der Waals surface area contributed by atoms with Crippen molar-refractivity contribution in [2.45, 2.75) is 31.6 Å². The summed E-state index contributed by atoms with van der Waals surface area (Å²) in [6, 6.07) is 14.3. The molecule has 3 rings (SSSR count). The van der Waals surface area contributed by atoms with Gasteiger partial charge in [-0.15, -0.1) is 0 Å². The molecule has 0 unspecified atom stereocenters. The zero-order valence-corrected chi connectivity index (χ0v) is 12.2. The van der Waals surface area contributed by atoms with Crippen molar-refractivity contribution in [1.29, 1.82) is 0 Å². The van der Waals surface area contributed by atoms with Crippen LogP contribution in [0, 0.1) is 5.82 Å². The van der Waals surface area contributed by atoms with Crippen LogP contribution >= 0.6 is 0 Å². The molecule has 22 heavy (non-hydrogen) atoms. The van der Waals surface area contributed by atoms with Crippen molar-refractivity contribution in [3.8, 4) is 5.75 Å². The third-order valence-electron chi connectivity index (χ3n) is 3.75. The van der Waals surface area contributed by atoms with Crippen LogP contribution in [0.15, 0.2) is 53.5 Å². The number of rotatable bonds is 4. The Morgan fingerprint density at radius 3 is 2.91 bits per heavy atom. The maximum absolute atomic E-state index is 13.2. The molecule has 0 spiro atoms. The Balaban J connectivity index is 1.59. The van der Waals surface area contributed by atoms with E-state index in [9.17, 15) is 9.50 Å². The lowest BCUT2D eigenvalue weighted by Crippen LogP contribution is -2.36. The number of benzene rings is 2. The van der Waals surface area contributed by atoms with Gasteiger partial charge >= 0.3 is 0 Å². The first kappa shape index (κ1) is 14.7. The van der Waals surface area contributed by atoms with Crippen LogP contribution in [0.2, 0.25) is 0 Å². The second-order valence-electron chi connectivity index (χ2n) is 5.41. The number of aliphatic hydroxyl groups excluding tert-OH is 1. The first-order chi connectivity index (χ1) is 10.7. The fraction of sp³-hybridized carbons (Fsp3) is 0.278. The van der Waals surface area contributed by atoms with Crippen molar-refractivity contribution < 1.29 is 14.2 Å². The highest BCUT2D eigenvalue weighted by Crippen LogP contribution is 2.29. The van der Waals surface area contributed by atoms with E-state index >= 15 is 0 Å². The lowest BCUT2D eigenvalue weighted by atomic mass is 9.99. The van der Waals surface area contributed by atoms with Crippen molar-refractivity contribution in [2.24, 2.45) is 4.99 Å². The van der Waals surface area contributed by atoms with Crippen LogP contribution in [0.5, 0.6) is 5.75 Å². The van der Waals surface area contributed by atoms with Gasteiger partial charge in [0.05, 0.1) is 6.54 Å². The number of ether oxygens (including phenoxy) is 1. The quantitative estimate of drug-likeness (QED) is 0.881. The number of hydrogen-bond acceptors (Lipinski definition) is 3. The van der Waals surface area contributed by atoms with Gasteiger partial charge in [-0.25, -0.2) is 4.39 Å². The van der Waals surface area contributed by atoms with Crippen LogP contribution in [0.1, 0.15) is 17.5 Å². The number of aliphatic hydroxyl groups is 1. The van der Waals surface area contributed by atoms with Gasteiger partial charge in [0, 0.05) is 6.21 Å². The minimum Gasteiger partial charge on any atom is -0.487 e. The number of aryl methyl sites for hydroxylation is 1. The average molecular weight is 299 g/mol. The molecule has 1 aliphatic heterocycles. The minimum absolute atomic E-state index is 0.259. The van der Waals surface area contributed by atoms with Gasteiger partial charge in [0.2, 0.25) is 0 Å². The highest BCUT2D eigenvalue weighted by molar-refractivity contribution is 5.64. The molecule has 1 heterocycles. The monoisotopic (exact) mass is 299 g/mol. The molecule has 0 bridgehead atoms. The molecule has 0 aromatic heterocycles. The molecule has 1 N–H and O–H groups in total. The topological polar surface area (TPSA) is 41.8 Å². The standard InChI is InChI=1S/C18H18FNO2/c19-15-7-9-17-14(10-15)6-8-18(22-17)16(21)12-20-11-13-4-2-1-3-5-13/h1-5,7,9-10,12,16,18,21H,6,8,11H2/t16-,18+/m1/s1. The van der Waals surface area contributed by atoms with E-state index in [2.05, 4.69) is 4.99 Å². The third kappa shape index (κ3) is 3.52. The molecule has 0 aliphatic carbocycles. The Morgan fingerprint density at radius 1 is 1.27 bits per heavy atom. The van der Waals surface area contributed by atoms with Crippen LogP contribution < -0.4 is 4.74 Å². The summed E-state index contributed by atoms with van der Waals surface area (Å²) in [6.07, 6.45) is 1.78. The zero-order valence-electron chi connectivity index (χ0n) is 12.2. The van der Waals surface area contributed by atoms with Crippen molar-refractivity contribution in [3.63, 3.8) is 0 Å². The first-order valence-corrected chi connectivity index (χ1v) is 7.39. The van der Waals surface area contributed by atoms with E-state index in [0.29, 0.717) is 25.1 Å². The summed E-state index contributed by atoms with van der Waals surface area (Å²) in [5.74, 6) is 0.388. The molecule has 0 fully saturated rings. The summed E-state index contributed by atoms with van der Waals surface area (Å²) in [5, 5.41) is 10.2. The van der Waals surface area contributed by atoms with Gasteiger partial charge in [0.1, 0.15) is 23.8 Å². The van der Waals surface area contributed by atoms with Crippen LogP contribution in [-0.2, 0) is 13.0 Å². The SMILES string of the molecule is O[C@H](C=NCc1ccccc1)[C@@H]1CCc2cc(F)ccc2O1. The van der Waals surface area contributed by atoms with E-state index in [1.165, 1.54) is 18.3 Å². The Bertz CT molecular complexity index is 657. The van der Waals surface area contributed by atoms with Gasteiger partial charge in [-0.05, 0) is 42.2 Å². The summed E-state index contributed by atoms with van der Waals surface area (Å²) in [4.78, 5) is 4.27. The van der Waals surface area contributed by atoms with E-state index in [4.69, 9.17) is 4.74 Å². The number of nitrogens with zero attached hydrogens (tertiary/aromatic N) is 1. The van der Waals surface area contributed by atoms with Gasteiger partial charge in [-0.2, -0.15) is 0 Å². The normalized spacial score (nSPS) is 18.7. The molecule has 0 radical (unpaired) electrons. The van der Waals surface area contributed by atoms with E-state index in [1.807, 2.05) is 30.3 Å². The Labute approximate surface area is 129 Å². The Hall–Kier alpha value is -2.20. The number of aliphatic imine (C=N–C) groups is 1. The summed E-state index contributed by atoms with van der Waals surface area (Å²) in [5.41, 5.74) is 1.95. The molecule has 2 atom stereocenters. The molecule has 0 amide bonds. The van der Waals surface area contributed by atoms with E-state index in [1.54, 1.807) is 6.07 Å². The molecule has 4 heteroatoms. The van der Waals surface area contributed by atoms with Gasteiger partial charge in [0.25, 0.3) is 0 Å². The highest BCUT2D eigenvalue weighted by atomic mass is 19.1. The lowest BCUT2D eigenvalue weighted by molar-refractivity contribution is 0.0663. The van der Waals surface area contributed by atoms with Gasteiger partial charge in [0.15, 0.2) is 0 Å². The molecule has 0 saturated carbocycles. The van der Waals surface area contributed by atoms with Crippen molar-refractivity contribution in [2.75, 3.05) is 0 Å². The van der Waals surface area contributed by atoms with Crippen LogP contribution in [0.25, 0.3) is 0 Å². The lowest BCUT2D eigenvalue weighted by Gasteiger charge is -2.28. The molecular formula is C18H18FNO2. The Kier molecular flexibility index (Phi) is 4.49. The number of fused-ring (bicyclic) bond motifs is 1. The maximum Gasteiger partial charge on any atom is 0.130 e. The fourth-order valence-corrected chi connectivity index (χ4v) is 2.56. The second kappa shape index (κ2) is 6.71. The van der Waals surface area contributed by atoms with Crippen LogP contribution in [-0.4, -0.2) is 23.5 Å². The van der Waals surface area contributed by atoms with Gasteiger partial charge in [-0.3, -0.25) is 4.99 Å². The van der Waals surface area contributed by atoms with Crippen LogP contribution in [0.4, 0.5) is 4.39 Å². The Morgan fingerprint density at radius 2 is 2.09 bits per heavy atom. The van der Waals surface area contributed by atoms with E-state index < -0.39 is 6.10 Å². The van der Waals surface area contributed by atoms with Gasteiger partial charge < -0.3 is 9.84 Å². The number of halogens is 1. The van der Waals surface area contributed by atoms with Crippen molar-refractivity contribution >= 4 is 6.21 Å². The molecule has 2 aromatic carbocycles. The molecule has 114 valence electrons. The number of hydrogen-bond donors (Lipinski definition) is 1. The molecule has 3 nitrogen and oxygen atoms in total. The van der Waals surface area contributed by atoms with Crippen LogP contribution in [0.3, 0.4) is 0 Å². The van der Waals surface area contributed by atoms with Crippen molar-refractivity contribution in [3.05, 3.63) is 65.5 Å². The molecule has 0 saturated heterocycles. The van der Waals surface area contributed by atoms with E-state index in [-0.39, 0.29) is 11.9 Å². The molecule has 2 aromatic rings. The fourth-order valence-electron chi connectivity index (χ4n) is 2.56. The minimum atomic E-state index is -0.762. The maximum atomic E-state index is 13.2. The predicted octanol–water partition coefficient (Wildman–Crippen LogP) is 3.15. The van der Waals surface area contributed by atoms with Gasteiger partial charge in [-0.1, -0.05) is 30.3 Å². The summed E-state index contributed by atoms with van der Waals surface area (Å²) in [7, 11) is 0.